The van der Waals surface area contributed by atoms with E-state index in [-0.39, 0.29) is 5.41 Å². The Hall–Kier alpha value is -8.76. The summed E-state index contributed by atoms with van der Waals surface area (Å²) in [5.41, 5.74) is 25.1. The largest absolute Gasteiger partial charge is 0.456 e. The Balaban J connectivity index is 0.992. The summed E-state index contributed by atoms with van der Waals surface area (Å²) < 4.78 is 9.39. The molecule has 11 aromatic carbocycles. The number of benzene rings is 11. The molecule has 0 radical (unpaired) electrons. The summed E-state index contributed by atoms with van der Waals surface area (Å²) >= 11 is 1.93. The molecule has 3 aliphatic carbocycles. The Morgan fingerprint density at radius 1 is 0.329 bits per heavy atom. The first-order valence-corrected chi connectivity index (χ1v) is 26.2. The van der Waals surface area contributed by atoms with E-state index >= 15 is 0 Å². The number of ether oxygens (including phenoxy) is 1. The van der Waals surface area contributed by atoms with Crippen molar-refractivity contribution in [2.75, 3.05) is 4.90 Å². The lowest BCUT2D eigenvalue weighted by Gasteiger charge is -2.36. The van der Waals surface area contributed by atoms with E-state index in [4.69, 9.17) is 4.74 Å². The van der Waals surface area contributed by atoms with Crippen molar-refractivity contribution in [3.8, 4) is 78.3 Å². The fraction of sp³-hybridized carbons (Fsp3) is 0.0571. The van der Waals surface area contributed by atoms with Crippen molar-refractivity contribution in [1.82, 2.24) is 0 Å². The number of hydrogen-bond acceptors (Lipinski definition) is 3. The molecule has 12 aromatic rings. The molecular formula is C70H45NOS. The Bertz CT molecular complexity index is 4360. The standard InChI is InChI=1S/C70H45NOS/c1-69(2)58-25-11-5-20-49(58)50-35-32-44(41-63(50)69)71(42-31-34-47-51-21-8-14-28-64(51)72-65-29-15-9-22-52(65)56(47)39-42)43-33-37-61-57(40-43)46-18-4-3-17-45(46)48-19-6-12-26-59(48)70(61)60-27-13-7-24-55(60)67-62(70)38-36-54-53-23-10-16-30-66(53)73-68(54)67/h3-41H,1-2H3. The van der Waals surface area contributed by atoms with Crippen LogP contribution < -0.4 is 9.64 Å². The smallest absolute Gasteiger partial charge is 0.135 e. The Morgan fingerprint density at radius 3 is 1.53 bits per heavy atom. The lowest BCUT2D eigenvalue weighted by Crippen LogP contribution is -2.29. The molecule has 0 bridgehead atoms. The molecule has 4 aliphatic rings. The first-order chi connectivity index (χ1) is 36.0. The van der Waals surface area contributed by atoms with Gasteiger partial charge in [-0.2, -0.15) is 0 Å². The van der Waals surface area contributed by atoms with E-state index in [9.17, 15) is 0 Å². The van der Waals surface area contributed by atoms with Gasteiger partial charge in [-0.25, -0.2) is 0 Å². The van der Waals surface area contributed by atoms with Crippen molar-refractivity contribution >= 4 is 48.6 Å². The number of para-hydroxylation sites is 2. The SMILES string of the molecule is CC1(C)c2ccccc2-c2ccc(N(c3ccc4c(c3)-c3ccccc3Oc3ccccc3-4)c3ccc4c(c3)-c3ccccc3-c3ccccc3C43c4ccccc4-c4c3ccc3c4sc4ccccc43)cc21. The van der Waals surface area contributed by atoms with Gasteiger partial charge in [0.15, 0.2) is 0 Å². The summed E-state index contributed by atoms with van der Waals surface area (Å²) in [6.45, 7) is 4.76. The molecule has 73 heavy (non-hydrogen) atoms. The summed E-state index contributed by atoms with van der Waals surface area (Å²) in [4.78, 5) is 2.50. The fourth-order valence-corrected chi connectivity index (χ4v) is 14.8. The predicted octanol–water partition coefficient (Wildman–Crippen LogP) is 19.3. The quantitative estimate of drug-likeness (QED) is 0.175. The van der Waals surface area contributed by atoms with Crippen molar-refractivity contribution in [2.24, 2.45) is 0 Å². The minimum Gasteiger partial charge on any atom is -0.456 e. The summed E-state index contributed by atoms with van der Waals surface area (Å²) in [5, 5.41) is 2.64. The van der Waals surface area contributed by atoms with E-state index < -0.39 is 5.41 Å². The van der Waals surface area contributed by atoms with Crippen LogP contribution in [0.3, 0.4) is 0 Å². The number of nitrogens with zero attached hydrogens (tertiary/aromatic N) is 1. The van der Waals surface area contributed by atoms with Crippen molar-refractivity contribution in [1.29, 1.82) is 0 Å². The zero-order valence-corrected chi connectivity index (χ0v) is 41.1. The van der Waals surface area contributed by atoms with Gasteiger partial charge in [-0.3, -0.25) is 0 Å². The highest BCUT2D eigenvalue weighted by molar-refractivity contribution is 7.26. The van der Waals surface area contributed by atoms with Gasteiger partial charge in [-0.1, -0.05) is 196 Å². The van der Waals surface area contributed by atoms with E-state index in [1.54, 1.807) is 0 Å². The van der Waals surface area contributed by atoms with Crippen LogP contribution in [-0.2, 0) is 10.8 Å². The van der Waals surface area contributed by atoms with Crippen molar-refractivity contribution in [3.05, 3.63) is 270 Å². The van der Waals surface area contributed by atoms with Crippen LogP contribution in [0.2, 0.25) is 0 Å². The van der Waals surface area contributed by atoms with Gasteiger partial charge in [0.1, 0.15) is 11.5 Å². The van der Waals surface area contributed by atoms with Crippen LogP contribution in [0.4, 0.5) is 17.1 Å². The lowest BCUT2D eigenvalue weighted by molar-refractivity contribution is 0.488. The molecule has 0 N–H and O–H groups in total. The second-order valence-corrected chi connectivity index (χ2v) is 21.7. The van der Waals surface area contributed by atoms with Crippen LogP contribution in [0.5, 0.6) is 11.5 Å². The van der Waals surface area contributed by atoms with E-state index in [2.05, 4.69) is 255 Å². The van der Waals surface area contributed by atoms with Crippen molar-refractivity contribution in [3.63, 3.8) is 0 Å². The van der Waals surface area contributed by atoms with Crippen LogP contribution in [0, 0.1) is 0 Å². The normalized spacial score (nSPS) is 15.5. The first-order valence-electron chi connectivity index (χ1n) is 25.4. The van der Waals surface area contributed by atoms with E-state index in [1.807, 2.05) is 11.3 Å². The Labute approximate surface area is 428 Å². The third-order valence-corrected chi connectivity index (χ3v) is 17.9. The summed E-state index contributed by atoms with van der Waals surface area (Å²) in [6, 6.07) is 88.8. The molecule has 3 heteroatoms. The Kier molecular flexibility index (Phi) is 8.35. The molecule has 0 amide bonds. The third kappa shape index (κ3) is 5.47. The molecule has 342 valence electrons. The molecule has 2 heterocycles. The van der Waals surface area contributed by atoms with Gasteiger partial charge in [0.25, 0.3) is 0 Å². The first kappa shape index (κ1) is 40.9. The number of thiophene rings is 1. The third-order valence-electron chi connectivity index (χ3n) is 16.7. The average molecular weight is 948 g/mol. The second-order valence-electron chi connectivity index (χ2n) is 20.6. The maximum absolute atomic E-state index is 6.71. The summed E-state index contributed by atoms with van der Waals surface area (Å²) in [5.74, 6) is 1.72. The maximum atomic E-state index is 6.71. The van der Waals surface area contributed by atoms with Crippen molar-refractivity contribution < 1.29 is 4.74 Å². The Morgan fingerprint density at radius 2 is 0.795 bits per heavy atom. The maximum Gasteiger partial charge on any atom is 0.135 e. The molecule has 0 fully saturated rings. The van der Waals surface area contributed by atoms with Gasteiger partial charge in [-0.15, -0.1) is 11.3 Å². The topological polar surface area (TPSA) is 12.5 Å². The highest BCUT2D eigenvalue weighted by Crippen LogP contribution is 2.64. The van der Waals surface area contributed by atoms with Gasteiger partial charge in [0.05, 0.1) is 5.41 Å². The molecule has 0 saturated carbocycles. The molecule has 1 aromatic heterocycles. The molecule has 2 nitrogen and oxygen atoms in total. The van der Waals surface area contributed by atoms with E-state index in [0.29, 0.717) is 0 Å². The highest BCUT2D eigenvalue weighted by Gasteiger charge is 2.50. The van der Waals surface area contributed by atoms with Gasteiger partial charge in [0.2, 0.25) is 0 Å². The zero-order chi connectivity index (χ0) is 48.2. The zero-order valence-electron chi connectivity index (χ0n) is 40.3. The number of hydrogen-bond donors (Lipinski definition) is 0. The molecule has 0 saturated heterocycles. The van der Waals surface area contributed by atoms with Gasteiger partial charge < -0.3 is 9.64 Å². The summed E-state index contributed by atoms with van der Waals surface area (Å²) in [7, 11) is 0. The van der Waals surface area contributed by atoms with Crippen LogP contribution in [0.15, 0.2) is 237 Å². The minimum absolute atomic E-state index is 0.185. The summed E-state index contributed by atoms with van der Waals surface area (Å²) in [6.07, 6.45) is 0. The van der Waals surface area contributed by atoms with Crippen LogP contribution in [-0.4, -0.2) is 0 Å². The molecule has 1 unspecified atom stereocenters. The van der Waals surface area contributed by atoms with Gasteiger partial charge in [-0.05, 0) is 138 Å². The second kappa shape index (κ2) is 14.9. The van der Waals surface area contributed by atoms with E-state index in [0.717, 1.165) is 50.8 Å². The molecule has 1 spiro atoms. The van der Waals surface area contributed by atoms with Gasteiger partial charge >= 0.3 is 0 Å². The number of anilines is 3. The van der Waals surface area contributed by atoms with E-state index in [1.165, 1.54) is 98.1 Å². The molecule has 16 rings (SSSR count). The minimum atomic E-state index is -0.616. The van der Waals surface area contributed by atoms with Crippen LogP contribution in [0.1, 0.15) is 47.2 Å². The highest BCUT2D eigenvalue weighted by atomic mass is 32.1. The monoisotopic (exact) mass is 947 g/mol. The molecular weight excluding hydrogens is 903 g/mol. The predicted molar refractivity (Wildman–Crippen MR) is 304 cm³/mol. The molecule has 1 aliphatic heterocycles. The molecule has 1 atom stereocenters. The number of fused-ring (bicyclic) bond motifs is 24. The van der Waals surface area contributed by atoms with Crippen molar-refractivity contribution in [2.45, 2.75) is 24.7 Å². The van der Waals surface area contributed by atoms with Crippen LogP contribution in [0.25, 0.3) is 86.9 Å². The fourth-order valence-electron chi connectivity index (χ4n) is 13.6. The van der Waals surface area contributed by atoms with Gasteiger partial charge in [0, 0.05) is 59.3 Å². The number of rotatable bonds is 3. The van der Waals surface area contributed by atoms with Crippen LogP contribution >= 0.6 is 11.3 Å². The lowest BCUT2D eigenvalue weighted by atomic mass is 9.66. The average Bonchev–Trinajstić information content (AvgIpc) is 4.06.